The molecule has 1 amide bonds. The smallest absolute Gasteiger partial charge is 0.267 e. The third-order valence-electron chi connectivity index (χ3n) is 7.80. The molecule has 2 unspecified atom stereocenters. The SMILES string of the molecule is CCCCC/C=C/CC/C=C/CC/C=C/C(O)C(CS(=O)(=O)O)NC(=O)CCCCCCCCCCCCCCCCC. The van der Waals surface area contributed by atoms with E-state index in [0.29, 0.717) is 6.42 Å². The van der Waals surface area contributed by atoms with Gasteiger partial charge in [-0.05, 0) is 44.9 Å². The third kappa shape index (κ3) is 31.8. The molecule has 0 aliphatic heterocycles. The lowest BCUT2D eigenvalue weighted by Crippen LogP contribution is -2.46. The van der Waals surface area contributed by atoms with Crippen molar-refractivity contribution >= 4 is 16.0 Å². The first kappa shape index (κ1) is 41.6. The quantitative estimate of drug-likeness (QED) is 0.0404. The number of aliphatic hydroxyl groups is 1. The molecule has 0 aromatic carbocycles. The van der Waals surface area contributed by atoms with Crippen molar-refractivity contribution < 1.29 is 22.9 Å². The fourth-order valence-electron chi connectivity index (χ4n) is 5.13. The molecule has 7 heteroatoms. The number of carbonyl (C=O) groups is 1. The van der Waals surface area contributed by atoms with Crippen molar-refractivity contribution in [3.8, 4) is 0 Å². The zero-order valence-electron chi connectivity index (χ0n) is 27.8. The molecule has 252 valence electrons. The van der Waals surface area contributed by atoms with Crippen LogP contribution in [0.15, 0.2) is 36.5 Å². The summed E-state index contributed by atoms with van der Waals surface area (Å²) >= 11 is 0. The lowest BCUT2D eigenvalue weighted by molar-refractivity contribution is -0.122. The Kier molecular flexibility index (Phi) is 29.6. The van der Waals surface area contributed by atoms with Gasteiger partial charge in [0.1, 0.15) is 0 Å². The summed E-state index contributed by atoms with van der Waals surface area (Å²) in [6, 6.07) is -1.07. The van der Waals surface area contributed by atoms with Gasteiger partial charge in [-0.15, -0.1) is 0 Å². The lowest BCUT2D eigenvalue weighted by Gasteiger charge is -2.21. The van der Waals surface area contributed by atoms with Crippen LogP contribution in [0.1, 0.15) is 168 Å². The Labute approximate surface area is 266 Å². The maximum absolute atomic E-state index is 12.4. The van der Waals surface area contributed by atoms with Gasteiger partial charge in [-0.25, -0.2) is 0 Å². The molecule has 6 nitrogen and oxygen atoms in total. The second-order valence-electron chi connectivity index (χ2n) is 12.1. The number of unbranched alkanes of at least 4 members (excludes halogenated alkanes) is 19. The number of carbonyl (C=O) groups excluding carboxylic acids is 1. The van der Waals surface area contributed by atoms with E-state index in [1.54, 1.807) is 6.08 Å². The number of hydrogen-bond donors (Lipinski definition) is 3. The van der Waals surface area contributed by atoms with Crippen LogP contribution in [-0.4, -0.2) is 41.9 Å². The molecule has 0 bridgehead atoms. The number of aliphatic hydroxyl groups excluding tert-OH is 1. The summed E-state index contributed by atoms with van der Waals surface area (Å²) in [6.45, 7) is 4.47. The van der Waals surface area contributed by atoms with E-state index in [9.17, 15) is 22.9 Å². The molecule has 0 aliphatic rings. The summed E-state index contributed by atoms with van der Waals surface area (Å²) < 4.78 is 32.3. The van der Waals surface area contributed by atoms with Crippen LogP contribution in [0, 0.1) is 0 Å². The van der Waals surface area contributed by atoms with Crippen molar-refractivity contribution in [3.63, 3.8) is 0 Å². The number of amides is 1. The second kappa shape index (κ2) is 30.6. The highest BCUT2D eigenvalue weighted by atomic mass is 32.2. The molecule has 0 radical (unpaired) electrons. The fraction of sp³-hybridized carbons (Fsp3) is 0.806. The molecule has 3 N–H and O–H groups in total. The number of nitrogens with one attached hydrogen (secondary N) is 1. The van der Waals surface area contributed by atoms with Gasteiger partial charge in [-0.2, -0.15) is 8.42 Å². The van der Waals surface area contributed by atoms with E-state index in [-0.39, 0.29) is 12.3 Å². The summed E-state index contributed by atoms with van der Waals surface area (Å²) in [5.74, 6) is -1.01. The van der Waals surface area contributed by atoms with Crippen LogP contribution in [0.2, 0.25) is 0 Å². The zero-order chi connectivity index (χ0) is 31.9. The summed E-state index contributed by atoms with van der Waals surface area (Å²) in [4.78, 5) is 12.4. The van der Waals surface area contributed by atoms with Gasteiger partial charge in [-0.1, -0.05) is 153 Å². The van der Waals surface area contributed by atoms with Crippen molar-refractivity contribution in [2.24, 2.45) is 0 Å². The minimum Gasteiger partial charge on any atom is -0.387 e. The predicted octanol–water partition coefficient (Wildman–Crippen LogP) is 9.79. The number of hydrogen-bond acceptors (Lipinski definition) is 4. The van der Waals surface area contributed by atoms with Gasteiger partial charge in [0.25, 0.3) is 10.1 Å². The first-order valence-electron chi connectivity index (χ1n) is 17.7. The average molecular weight is 626 g/mol. The van der Waals surface area contributed by atoms with E-state index in [1.165, 1.54) is 102 Å². The largest absolute Gasteiger partial charge is 0.387 e. The Morgan fingerprint density at radius 2 is 1.00 bits per heavy atom. The Morgan fingerprint density at radius 3 is 1.47 bits per heavy atom. The highest BCUT2D eigenvalue weighted by Gasteiger charge is 2.24. The van der Waals surface area contributed by atoms with Crippen LogP contribution in [0.5, 0.6) is 0 Å². The van der Waals surface area contributed by atoms with Crippen LogP contribution < -0.4 is 5.32 Å². The summed E-state index contributed by atoms with van der Waals surface area (Å²) in [6.07, 6.45) is 38.4. The summed E-state index contributed by atoms with van der Waals surface area (Å²) in [7, 11) is -4.35. The van der Waals surface area contributed by atoms with Gasteiger partial charge in [0.15, 0.2) is 0 Å². The molecule has 0 heterocycles. The molecule has 0 saturated carbocycles. The van der Waals surface area contributed by atoms with E-state index in [4.69, 9.17) is 0 Å². The highest BCUT2D eigenvalue weighted by Crippen LogP contribution is 2.14. The summed E-state index contributed by atoms with van der Waals surface area (Å²) in [5.41, 5.74) is 0. The van der Waals surface area contributed by atoms with Crippen LogP contribution in [0.3, 0.4) is 0 Å². The van der Waals surface area contributed by atoms with Crippen molar-refractivity contribution in [3.05, 3.63) is 36.5 Å². The average Bonchev–Trinajstić information content (AvgIpc) is 2.96. The van der Waals surface area contributed by atoms with Gasteiger partial charge >= 0.3 is 0 Å². The Hall–Kier alpha value is -1.44. The van der Waals surface area contributed by atoms with Gasteiger partial charge < -0.3 is 10.4 Å². The van der Waals surface area contributed by atoms with Gasteiger partial charge in [0, 0.05) is 6.42 Å². The number of rotatable bonds is 31. The molecule has 0 rings (SSSR count). The Morgan fingerprint density at radius 1 is 0.605 bits per heavy atom. The monoisotopic (exact) mass is 625 g/mol. The lowest BCUT2D eigenvalue weighted by atomic mass is 10.0. The molecule has 0 aromatic heterocycles. The molecular formula is C36H67NO5S. The van der Waals surface area contributed by atoms with Crippen LogP contribution in [0.4, 0.5) is 0 Å². The molecule has 0 aromatic rings. The molecule has 0 aliphatic carbocycles. The molecule has 0 fully saturated rings. The minimum atomic E-state index is -4.35. The van der Waals surface area contributed by atoms with Gasteiger partial charge in [0.05, 0.1) is 17.9 Å². The van der Waals surface area contributed by atoms with E-state index >= 15 is 0 Å². The summed E-state index contributed by atoms with van der Waals surface area (Å²) in [5, 5.41) is 13.1. The van der Waals surface area contributed by atoms with Gasteiger partial charge in [-0.3, -0.25) is 9.35 Å². The fourth-order valence-corrected chi connectivity index (χ4v) is 5.86. The highest BCUT2D eigenvalue weighted by molar-refractivity contribution is 7.85. The second-order valence-corrected chi connectivity index (χ2v) is 13.6. The molecule has 43 heavy (non-hydrogen) atoms. The normalized spacial score (nSPS) is 13.9. The molecular weight excluding hydrogens is 558 g/mol. The van der Waals surface area contributed by atoms with E-state index in [1.807, 2.05) is 0 Å². The van der Waals surface area contributed by atoms with Crippen molar-refractivity contribution in [1.29, 1.82) is 0 Å². The van der Waals surface area contributed by atoms with Crippen LogP contribution in [0.25, 0.3) is 0 Å². The minimum absolute atomic E-state index is 0.287. The van der Waals surface area contributed by atoms with E-state index in [0.717, 1.165) is 44.9 Å². The topological polar surface area (TPSA) is 104 Å². The zero-order valence-corrected chi connectivity index (χ0v) is 28.6. The maximum Gasteiger partial charge on any atom is 0.267 e. The van der Waals surface area contributed by atoms with Crippen LogP contribution >= 0.6 is 0 Å². The Balaban J connectivity index is 4.06. The van der Waals surface area contributed by atoms with Crippen molar-refractivity contribution in [2.45, 2.75) is 180 Å². The number of allylic oxidation sites excluding steroid dienone is 5. The van der Waals surface area contributed by atoms with Gasteiger partial charge in [0.2, 0.25) is 5.91 Å². The van der Waals surface area contributed by atoms with E-state index in [2.05, 4.69) is 43.5 Å². The van der Waals surface area contributed by atoms with Crippen molar-refractivity contribution in [2.75, 3.05) is 5.75 Å². The maximum atomic E-state index is 12.4. The molecule has 2 atom stereocenters. The van der Waals surface area contributed by atoms with E-state index < -0.39 is 28.0 Å². The first-order chi connectivity index (χ1) is 20.8. The standard InChI is InChI=1S/C36H67NO5S/c1-3-5-7-9-11-13-15-17-18-20-22-24-26-28-30-32-36(39)37-34(33-43(40,41)42)35(38)31-29-27-25-23-21-19-16-14-12-10-8-6-4-2/h12,14,21,23,29,31,34-35,38H,3-11,13,15-20,22,24-28,30,32-33H2,1-2H3,(H,37,39)(H,40,41,42)/b14-12+,23-21+,31-29+. The molecule has 0 spiro atoms. The third-order valence-corrected chi connectivity index (χ3v) is 8.58. The first-order valence-corrected chi connectivity index (χ1v) is 19.3. The van der Waals surface area contributed by atoms with Crippen molar-refractivity contribution in [1.82, 2.24) is 5.32 Å². The predicted molar refractivity (Wildman–Crippen MR) is 184 cm³/mol. The molecule has 0 saturated heterocycles. The Bertz CT molecular complexity index is 821. The van der Waals surface area contributed by atoms with Crippen LogP contribution in [-0.2, 0) is 14.9 Å².